The fourth-order valence-electron chi connectivity index (χ4n) is 2.87. The van der Waals surface area contributed by atoms with Gasteiger partial charge in [0.1, 0.15) is 6.10 Å². The molecular formula is C17H30O3Si. The Labute approximate surface area is 130 Å². The van der Waals surface area contributed by atoms with Crippen molar-refractivity contribution in [2.45, 2.75) is 65.0 Å². The Kier molecular flexibility index (Phi) is 5.44. The van der Waals surface area contributed by atoms with Crippen LogP contribution in [0.4, 0.5) is 0 Å². The second-order valence-corrected chi connectivity index (χ2v) is 12.3. The summed E-state index contributed by atoms with van der Waals surface area (Å²) in [7, 11) is -1.50. The van der Waals surface area contributed by atoms with Crippen LogP contribution in [0.3, 0.4) is 0 Å². The van der Waals surface area contributed by atoms with Gasteiger partial charge < -0.3 is 9.16 Å². The molecule has 1 aliphatic carbocycles. The summed E-state index contributed by atoms with van der Waals surface area (Å²) in [6.07, 6.45) is 7.16. The first kappa shape index (κ1) is 16.9. The lowest BCUT2D eigenvalue weighted by Crippen LogP contribution is -2.29. The van der Waals surface area contributed by atoms with Crippen LogP contribution in [-0.4, -0.2) is 32.9 Å². The lowest BCUT2D eigenvalue weighted by atomic mass is 9.86. The molecule has 1 fully saturated rings. The van der Waals surface area contributed by atoms with E-state index in [9.17, 15) is 4.79 Å². The first-order chi connectivity index (χ1) is 9.76. The van der Waals surface area contributed by atoms with E-state index in [2.05, 4.69) is 45.6 Å². The summed E-state index contributed by atoms with van der Waals surface area (Å²) < 4.78 is 11.7. The van der Waals surface area contributed by atoms with Crippen LogP contribution in [0.2, 0.25) is 19.6 Å². The summed E-state index contributed by atoms with van der Waals surface area (Å²) in [6, 6.07) is 0. The van der Waals surface area contributed by atoms with Gasteiger partial charge >= 0.3 is 0 Å². The summed E-state index contributed by atoms with van der Waals surface area (Å²) in [4.78, 5) is 12.1. The largest absolute Gasteiger partial charge is 0.417 e. The highest BCUT2D eigenvalue weighted by atomic mass is 28.4. The molecule has 4 heteroatoms. The Morgan fingerprint density at radius 2 is 2.05 bits per heavy atom. The molecule has 1 aliphatic heterocycles. The molecule has 2 rings (SSSR count). The van der Waals surface area contributed by atoms with Gasteiger partial charge in [-0.2, -0.15) is 0 Å². The summed E-state index contributed by atoms with van der Waals surface area (Å²) in [5.74, 6) is 1.73. The van der Waals surface area contributed by atoms with Crippen LogP contribution in [0.15, 0.2) is 12.2 Å². The fraction of sp³-hybridized carbons (Fsp3) is 0.824. The Morgan fingerprint density at radius 3 is 2.67 bits per heavy atom. The number of hydrogen-bond acceptors (Lipinski definition) is 3. The van der Waals surface area contributed by atoms with Crippen LogP contribution in [0, 0.1) is 17.8 Å². The van der Waals surface area contributed by atoms with E-state index in [0.717, 1.165) is 19.4 Å². The second-order valence-electron chi connectivity index (χ2n) is 7.81. The SMILES string of the molecule is CC(C)C1C=CC(CO[Si](C)(C)C)CC2OC2C(=O)CC1. The van der Waals surface area contributed by atoms with Crippen LogP contribution in [0.25, 0.3) is 0 Å². The van der Waals surface area contributed by atoms with Crippen molar-refractivity contribution in [3.8, 4) is 0 Å². The molecule has 0 amide bonds. The van der Waals surface area contributed by atoms with E-state index in [4.69, 9.17) is 9.16 Å². The monoisotopic (exact) mass is 310 g/mol. The number of ether oxygens (including phenoxy) is 1. The number of hydrogen-bond donors (Lipinski definition) is 0. The Bertz CT molecular complexity index is 397. The van der Waals surface area contributed by atoms with Crippen molar-refractivity contribution in [1.82, 2.24) is 0 Å². The van der Waals surface area contributed by atoms with Crippen LogP contribution >= 0.6 is 0 Å². The van der Waals surface area contributed by atoms with Gasteiger partial charge in [-0.05, 0) is 44.3 Å². The predicted molar refractivity (Wildman–Crippen MR) is 87.8 cm³/mol. The van der Waals surface area contributed by atoms with Gasteiger partial charge in [-0.25, -0.2) is 0 Å². The molecule has 0 saturated carbocycles. The van der Waals surface area contributed by atoms with Gasteiger partial charge in [0.25, 0.3) is 0 Å². The molecule has 2 aliphatic rings. The van der Waals surface area contributed by atoms with Crippen LogP contribution in [-0.2, 0) is 14.0 Å². The quantitative estimate of drug-likeness (QED) is 0.450. The van der Waals surface area contributed by atoms with Gasteiger partial charge in [0.2, 0.25) is 0 Å². The lowest BCUT2D eigenvalue weighted by molar-refractivity contribution is -0.120. The molecule has 4 atom stereocenters. The molecule has 0 radical (unpaired) electrons. The van der Waals surface area contributed by atoms with Gasteiger partial charge in [-0.15, -0.1) is 0 Å². The first-order valence-electron chi connectivity index (χ1n) is 8.26. The molecular weight excluding hydrogens is 280 g/mol. The fourth-order valence-corrected chi connectivity index (χ4v) is 3.58. The number of allylic oxidation sites excluding steroid dienone is 1. The van der Waals surface area contributed by atoms with Gasteiger partial charge in [-0.3, -0.25) is 4.79 Å². The molecule has 0 aromatic rings. The smallest absolute Gasteiger partial charge is 0.183 e. The van der Waals surface area contributed by atoms with Crippen molar-refractivity contribution in [3.05, 3.63) is 12.2 Å². The van der Waals surface area contributed by atoms with Gasteiger partial charge in [-0.1, -0.05) is 26.0 Å². The third-order valence-corrected chi connectivity index (χ3v) is 5.41. The van der Waals surface area contributed by atoms with Crippen LogP contribution in [0.1, 0.15) is 33.1 Å². The Balaban J connectivity index is 2.03. The lowest BCUT2D eigenvalue weighted by Gasteiger charge is -2.23. The topological polar surface area (TPSA) is 38.8 Å². The van der Waals surface area contributed by atoms with Crippen LogP contribution in [0.5, 0.6) is 0 Å². The zero-order valence-corrected chi connectivity index (χ0v) is 15.1. The minimum absolute atomic E-state index is 0.126. The maximum Gasteiger partial charge on any atom is 0.183 e. The third-order valence-electron chi connectivity index (χ3n) is 4.38. The van der Waals surface area contributed by atoms with Crippen molar-refractivity contribution < 1.29 is 14.0 Å². The Morgan fingerprint density at radius 1 is 1.33 bits per heavy atom. The van der Waals surface area contributed by atoms with Crippen LogP contribution < -0.4 is 0 Å². The van der Waals surface area contributed by atoms with Gasteiger partial charge in [0.15, 0.2) is 14.1 Å². The highest BCUT2D eigenvalue weighted by Crippen LogP contribution is 2.34. The molecule has 0 aromatic carbocycles. The van der Waals surface area contributed by atoms with Crippen molar-refractivity contribution in [2.24, 2.45) is 17.8 Å². The zero-order valence-electron chi connectivity index (χ0n) is 14.1. The molecule has 3 nitrogen and oxygen atoms in total. The van der Waals surface area contributed by atoms with Crippen molar-refractivity contribution >= 4 is 14.1 Å². The number of ketones is 1. The number of Topliss-reactive ketones (excluding diaryl/α,β-unsaturated/α-hetero) is 1. The summed E-state index contributed by atoms with van der Waals surface area (Å²) in [5.41, 5.74) is 0. The number of carbonyl (C=O) groups excluding carboxylic acids is 1. The molecule has 0 bridgehead atoms. The van der Waals surface area contributed by atoms with Gasteiger partial charge in [0.05, 0.1) is 6.10 Å². The molecule has 0 aromatic heterocycles. The minimum atomic E-state index is -1.50. The summed E-state index contributed by atoms with van der Waals surface area (Å²) in [5, 5.41) is 0. The Hall–Kier alpha value is -0.453. The number of carbonyl (C=O) groups is 1. The van der Waals surface area contributed by atoms with E-state index < -0.39 is 8.32 Å². The zero-order chi connectivity index (χ0) is 15.6. The summed E-state index contributed by atoms with van der Waals surface area (Å²) in [6.45, 7) is 11.9. The normalized spacial score (nSPS) is 33.9. The standard InChI is InChI=1S/C17H30O3Si/c1-12(2)14-7-6-13(11-19-21(3,4)5)10-16-17(20-16)15(18)9-8-14/h6-7,12-14,16-17H,8-11H2,1-5H3. The highest BCUT2D eigenvalue weighted by molar-refractivity contribution is 6.69. The average Bonchev–Trinajstić information content (AvgIpc) is 3.12. The van der Waals surface area contributed by atoms with Crippen molar-refractivity contribution in [2.75, 3.05) is 6.61 Å². The summed E-state index contributed by atoms with van der Waals surface area (Å²) >= 11 is 0. The number of fused-ring (bicyclic) bond motifs is 1. The third kappa shape index (κ3) is 5.35. The predicted octanol–water partition coefficient (Wildman–Crippen LogP) is 3.80. The van der Waals surface area contributed by atoms with E-state index >= 15 is 0 Å². The maximum atomic E-state index is 12.1. The maximum absolute atomic E-state index is 12.1. The van der Waals surface area contributed by atoms with Crippen molar-refractivity contribution in [3.63, 3.8) is 0 Å². The minimum Gasteiger partial charge on any atom is -0.417 e. The molecule has 0 N–H and O–H groups in total. The molecule has 120 valence electrons. The van der Waals surface area contributed by atoms with E-state index in [0.29, 0.717) is 30.0 Å². The highest BCUT2D eigenvalue weighted by Gasteiger charge is 2.45. The number of epoxide rings is 1. The van der Waals surface area contributed by atoms with Gasteiger partial charge in [0, 0.05) is 18.9 Å². The molecule has 1 saturated heterocycles. The van der Waals surface area contributed by atoms with E-state index in [-0.39, 0.29) is 12.2 Å². The van der Waals surface area contributed by atoms with E-state index in [1.165, 1.54) is 0 Å². The molecule has 4 unspecified atom stereocenters. The number of rotatable bonds is 4. The van der Waals surface area contributed by atoms with E-state index in [1.54, 1.807) is 0 Å². The second kappa shape index (κ2) is 6.76. The van der Waals surface area contributed by atoms with E-state index in [1.807, 2.05) is 0 Å². The average molecular weight is 311 g/mol. The van der Waals surface area contributed by atoms with Crippen molar-refractivity contribution in [1.29, 1.82) is 0 Å². The molecule has 0 spiro atoms. The first-order valence-corrected chi connectivity index (χ1v) is 11.7. The molecule has 1 heterocycles. The molecule has 21 heavy (non-hydrogen) atoms.